The van der Waals surface area contributed by atoms with E-state index in [9.17, 15) is 9.59 Å². The van der Waals surface area contributed by atoms with Crippen LogP contribution in [0, 0.1) is 0 Å². The summed E-state index contributed by atoms with van der Waals surface area (Å²) in [6.45, 7) is 1.30. The molecule has 1 rings (SSSR count). The lowest BCUT2D eigenvalue weighted by Gasteiger charge is -2.13. The third-order valence-corrected chi connectivity index (χ3v) is 4.26. The first-order valence-corrected chi connectivity index (χ1v) is 7.83. The first kappa shape index (κ1) is 17.1. The number of carboxylic acids is 1. The minimum absolute atomic E-state index is 0.349. The molecule has 0 fully saturated rings. The fraction of sp³-hybridized carbons (Fsp3) is 0.385. The minimum Gasteiger partial charge on any atom is -0.480 e. The Kier molecular flexibility index (Phi) is 7.19. The zero-order chi connectivity index (χ0) is 15.1. The van der Waals surface area contributed by atoms with Crippen LogP contribution in [0.25, 0.3) is 0 Å². The van der Waals surface area contributed by atoms with Gasteiger partial charge < -0.3 is 10.4 Å². The Labute approximate surface area is 131 Å². The van der Waals surface area contributed by atoms with Gasteiger partial charge in [0.05, 0.1) is 0 Å². The molecule has 20 heavy (non-hydrogen) atoms. The molecule has 0 aromatic heterocycles. The zero-order valence-electron chi connectivity index (χ0n) is 10.9. The van der Waals surface area contributed by atoms with Crippen molar-refractivity contribution in [2.45, 2.75) is 25.1 Å². The van der Waals surface area contributed by atoms with E-state index in [2.05, 4.69) is 5.32 Å². The molecular weight excluding hydrogens is 321 g/mol. The number of carbonyl (C=O) groups excluding carboxylic acids is 1. The Morgan fingerprint density at radius 3 is 2.45 bits per heavy atom. The van der Waals surface area contributed by atoms with Crippen molar-refractivity contribution < 1.29 is 14.7 Å². The average Bonchev–Trinajstić information content (AvgIpc) is 2.35. The number of rotatable bonds is 7. The normalized spacial score (nSPS) is 11.9. The maximum atomic E-state index is 10.9. The largest absolute Gasteiger partial charge is 0.480 e. The van der Waals surface area contributed by atoms with E-state index in [4.69, 9.17) is 28.3 Å². The SMILES string of the molecule is CC(=O)NC(CCSCc1c(Cl)cccc1Cl)C(=O)O. The van der Waals surface area contributed by atoms with Gasteiger partial charge in [-0.3, -0.25) is 4.79 Å². The highest BCUT2D eigenvalue weighted by Crippen LogP contribution is 2.28. The number of benzene rings is 1. The smallest absolute Gasteiger partial charge is 0.326 e. The first-order chi connectivity index (χ1) is 9.41. The van der Waals surface area contributed by atoms with E-state index in [0.29, 0.717) is 28.0 Å². The summed E-state index contributed by atoms with van der Waals surface area (Å²) in [4.78, 5) is 21.8. The molecular formula is C13H15Cl2NO3S. The molecule has 7 heteroatoms. The summed E-state index contributed by atoms with van der Waals surface area (Å²) in [5.74, 6) is -0.197. The van der Waals surface area contributed by atoms with E-state index in [1.54, 1.807) is 18.2 Å². The average molecular weight is 336 g/mol. The molecule has 4 nitrogen and oxygen atoms in total. The van der Waals surface area contributed by atoms with E-state index in [0.717, 1.165) is 5.56 Å². The number of amides is 1. The topological polar surface area (TPSA) is 66.4 Å². The second-order valence-corrected chi connectivity index (χ2v) is 6.05. The molecule has 0 saturated heterocycles. The molecule has 0 bridgehead atoms. The molecule has 0 aliphatic rings. The van der Waals surface area contributed by atoms with Crippen molar-refractivity contribution in [3.63, 3.8) is 0 Å². The van der Waals surface area contributed by atoms with Crippen molar-refractivity contribution in [3.05, 3.63) is 33.8 Å². The fourth-order valence-corrected chi connectivity index (χ4v) is 3.30. The van der Waals surface area contributed by atoms with Crippen LogP contribution in [0.2, 0.25) is 10.0 Å². The number of thioether (sulfide) groups is 1. The number of aliphatic carboxylic acids is 1. The molecule has 0 aliphatic carbocycles. The Hall–Kier alpha value is -0.910. The molecule has 0 heterocycles. The van der Waals surface area contributed by atoms with Crippen LogP contribution in [0.5, 0.6) is 0 Å². The van der Waals surface area contributed by atoms with Crippen LogP contribution in [0.15, 0.2) is 18.2 Å². The Morgan fingerprint density at radius 1 is 1.35 bits per heavy atom. The van der Waals surface area contributed by atoms with Gasteiger partial charge in [-0.05, 0) is 29.9 Å². The third kappa shape index (κ3) is 5.61. The Bertz CT molecular complexity index is 476. The van der Waals surface area contributed by atoms with Gasteiger partial charge in [-0.2, -0.15) is 11.8 Å². The van der Waals surface area contributed by atoms with Crippen LogP contribution < -0.4 is 5.32 Å². The van der Waals surface area contributed by atoms with Crippen molar-refractivity contribution in [2.75, 3.05) is 5.75 Å². The van der Waals surface area contributed by atoms with Gasteiger partial charge in [0.2, 0.25) is 5.91 Å². The van der Waals surface area contributed by atoms with Gasteiger partial charge in [-0.25, -0.2) is 4.79 Å². The lowest BCUT2D eigenvalue weighted by molar-refractivity contribution is -0.141. The second kappa shape index (κ2) is 8.39. The number of hydrogen-bond acceptors (Lipinski definition) is 3. The molecule has 1 amide bonds. The fourth-order valence-electron chi connectivity index (χ4n) is 1.55. The Morgan fingerprint density at radius 2 is 1.95 bits per heavy atom. The zero-order valence-corrected chi connectivity index (χ0v) is 13.2. The van der Waals surface area contributed by atoms with Crippen molar-refractivity contribution in [1.82, 2.24) is 5.32 Å². The van der Waals surface area contributed by atoms with Crippen LogP contribution in [0.1, 0.15) is 18.9 Å². The molecule has 0 radical (unpaired) electrons. The summed E-state index contributed by atoms with van der Waals surface area (Å²) < 4.78 is 0. The van der Waals surface area contributed by atoms with E-state index in [1.807, 2.05) is 0 Å². The van der Waals surface area contributed by atoms with Crippen LogP contribution in [0.4, 0.5) is 0 Å². The van der Waals surface area contributed by atoms with Crippen LogP contribution in [-0.2, 0) is 15.3 Å². The summed E-state index contributed by atoms with van der Waals surface area (Å²) in [6, 6.07) is 4.44. The van der Waals surface area contributed by atoms with E-state index in [1.165, 1.54) is 18.7 Å². The molecule has 0 aliphatic heterocycles. The first-order valence-electron chi connectivity index (χ1n) is 5.92. The van der Waals surface area contributed by atoms with Gasteiger partial charge in [-0.1, -0.05) is 29.3 Å². The van der Waals surface area contributed by atoms with Crippen molar-refractivity contribution in [1.29, 1.82) is 0 Å². The molecule has 2 N–H and O–H groups in total. The van der Waals surface area contributed by atoms with Crippen molar-refractivity contribution in [2.24, 2.45) is 0 Å². The summed E-state index contributed by atoms with van der Waals surface area (Å²) in [6.07, 6.45) is 0.349. The molecule has 1 aromatic rings. The van der Waals surface area contributed by atoms with E-state index >= 15 is 0 Å². The number of carbonyl (C=O) groups is 2. The lowest BCUT2D eigenvalue weighted by Crippen LogP contribution is -2.39. The lowest BCUT2D eigenvalue weighted by atomic mass is 10.2. The number of halogens is 2. The summed E-state index contributed by atoms with van der Waals surface area (Å²) >= 11 is 13.6. The maximum absolute atomic E-state index is 10.9. The van der Waals surface area contributed by atoms with Gasteiger partial charge >= 0.3 is 5.97 Å². The van der Waals surface area contributed by atoms with Gasteiger partial charge in [0, 0.05) is 22.7 Å². The Balaban J connectivity index is 2.44. The minimum atomic E-state index is -1.03. The molecule has 1 aromatic carbocycles. The predicted molar refractivity (Wildman–Crippen MR) is 82.5 cm³/mol. The van der Waals surface area contributed by atoms with Crippen LogP contribution in [0.3, 0.4) is 0 Å². The van der Waals surface area contributed by atoms with E-state index < -0.39 is 12.0 Å². The number of nitrogens with one attached hydrogen (secondary N) is 1. The van der Waals surface area contributed by atoms with Gasteiger partial charge in [0.1, 0.15) is 6.04 Å². The monoisotopic (exact) mass is 335 g/mol. The summed E-state index contributed by atoms with van der Waals surface area (Å²) in [7, 11) is 0. The van der Waals surface area contributed by atoms with Gasteiger partial charge in [0.25, 0.3) is 0 Å². The number of hydrogen-bond donors (Lipinski definition) is 2. The predicted octanol–water partition coefficient (Wildman–Crippen LogP) is 3.21. The maximum Gasteiger partial charge on any atom is 0.326 e. The quantitative estimate of drug-likeness (QED) is 0.751. The number of carboxylic acid groups (broad SMARTS) is 1. The summed E-state index contributed by atoms with van der Waals surface area (Å²) in [5.41, 5.74) is 0.840. The highest BCUT2D eigenvalue weighted by molar-refractivity contribution is 7.98. The molecule has 110 valence electrons. The second-order valence-electron chi connectivity index (χ2n) is 4.13. The molecule has 1 unspecified atom stereocenters. The van der Waals surface area contributed by atoms with Crippen LogP contribution in [-0.4, -0.2) is 28.8 Å². The van der Waals surface area contributed by atoms with Gasteiger partial charge in [0.15, 0.2) is 0 Å². The van der Waals surface area contributed by atoms with Crippen molar-refractivity contribution >= 4 is 46.8 Å². The molecule has 0 saturated carbocycles. The molecule has 1 atom stereocenters. The van der Waals surface area contributed by atoms with Crippen molar-refractivity contribution in [3.8, 4) is 0 Å². The molecule has 0 spiro atoms. The van der Waals surface area contributed by atoms with Crippen LogP contribution >= 0.6 is 35.0 Å². The highest BCUT2D eigenvalue weighted by atomic mass is 35.5. The standard InChI is InChI=1S/C13H15Cl2NO3S/c1-8(17)16-12(13(18)19)5-6-20-7-9-10(14)3-2-4-11(9)15/h2-4,12H,5-7H2,1H3,(H,16,17)(H,18,19). The summed E-state index contributed by atoms with van der Waals surface area (Å²) in [5, 5.41) is 12.6. The van der Waals surface area contributed by atoms with Gasteiger partial charge in [-0.15, -0.1) is 0 Å². The van der Waals surface area contributed by atoms with E-state index in [-0.39, 0.29) is 5.91 Å². The highest BCUT2D eigenvalue weighted by Gasteiger charge is 2.17. The third-order valence-electron chi connectivity index (χ3n) is 2.53.